The van der Waals surface area contributed by atoms with Crippen molar-refractivity contribution in [1.82, 2.24) is 0 Å². The molecular formula is C21H18N2O4. The number of hydrogen-bond acceptors (Lipinski definition) is 6. The number of benzene rings is 2. The lowest BCUT2D eigenvalue weighted by molar-refractivity contribution is 0.103. The molecule has 2 aliphatic rings. The van der Waals surface area contributed by atoms with Gasteiger partial charge in [-0.1, -0.05) is 12.1 Å². The van der Waals surface area contributed by atoms with E-state index in [2.05, 4.69) is 4.90 Å². The lowest BCUT2D eigenvalue weighted by Crippen LogP contribution is -2.36. The van der Waals surface area contributed by atoms with Gasteiger partial charge in [-0.3, -0.25) is 4.79 Å². The fourth-order valence-corrected chi connectivity index (χ4v) is 3.11. The Morgan fingerprint density at radius 1 is 1.04 bits per heavy atom. The molecule has 0 N–H and O–H groups in total. The molecule has 4 rings (SSSR count). The van der Waals surface area contributed by atoms with Crippen molar-refractivity contribution >= 4 is 17.5 Å². The number of hydrogen-bond donors (Lipinski definition) is 0. The minimum atomic E-state index is -0.340. The van der Waals surface area contributed by atoms with Gasteiger partial charge in [0.2, 0.25) is 12.6 Å². The van der Waals surface area contributed by atoms with Crippen LogP contribution in [0.3, 0.4) is 0 Å². The molecule has 6 heteroatoms. The molecular weight excluding hydrogens is 344 g/mol. The Balaban J connectivity index is 1.54. The van der Waals surface area contributed by atoms with Crippen molar-refractivity contribution in [3.05, 3.63) is 59.2 Å². The van der Waals surface area contributed by atoms with E-state index >= 15 is 0 Å². The number of nitrogens with zero attached hydrogens (tertiary/aromatic N) is 2. The van der Waals surface area contributed by atoms with E-state index in [4.69, 9.17) is 14.2 Å². The van der Waals surface area contributed by atoms with E-state index in [1.807, 2.05) is 30.3 Å². The Hall–Kier alpha value is -3.30. The summed E-state index contributed by atoms with van der Waals surface area (Å²) in [6.07, 6.45) is 1.61. The largest absolute Gasteiger partial charge is 0.454 e. The average Bonchev–Trinajstić information content (AvgIpc) is 3.20. The van der Waals surface area contributed by atoms with Crippen molar-refractivity contribution in [2.75, 3.05) is 38.0 Å². The van der Waals surface area contributed by atoms with Gasteiger partial charge in [-0.25, -0.2) is 0 Å². The number of morpholine rings is 1. The van der Waals surface area contributed by atoms with E-state index in [0.717, 1.165) is 37.6 Å². The second kappa shape index (κ2) is 7.52. The first-order valence-corrected chi connectivity index (χ1v) is 8.73. The Morgan fingerprint density at radius 2 is 1.78 bits per heavy atom. The molecule has 2 aliphatic heterocycles. The van der Waals surface area contributed by atoms with E-state index in [1.54, 1.807) is 24.3 Å². The Labute approximate surface area is 157 Å². The summed E-state index contributed by atoms with van der Waals surface area (Å²) in [4.78, 5) is 14.9. The molecule has 0 saturated carbocycles. The number of fused-ring (bicyclic) bond motifs is 1. The summed E-state index contributed by atoms with van der Waals surface area (Å²) in [5, 5.41) is 9.45. The highest BCUT2D eigenvalue weighted by atomic mass is 16.7. The molecule has 0 spiro atoms. The minimum Gasteiger partial charge on any atom is -0.454 e. The number of nitriles is 1. The molecule has 1 saturated heterocycles. The third kappa shape index (κ3) is 3.64. The van der Waals surface area contributed by atoms with Crippen molar-refractivity contribution in [1.29, 1.82) is 5.26 Å². The number of allylic oxidation sites excluding steroid dienone is 1. The van der Waals surface area contributed by atoms with Crippen LogP contribution in [0.1, 0.15) is 15.9 Å². The van der Waals surface area contributed by atoms with Gasteiger partial charge in [0.25, 0.3) is 0 Å². The van der Waals surface area contributed by atoms with Crippen LogP contribution in [-0.4, -0.2) is 38.9 Å². The van der Waals surface area contributed by atoms with Crippen LogP contribution in [0.5, 0.6) is 11.5 Å². The third-order valence-electron chi connectivity index (χ3n) is 4.58. The maximum atomic E-state index is 12.7. The highest BCUT2D eigenvalue weighted by Crippen LogP contribution is 2.33. The third-order valence-corrected chi connectivity index (χ3v) is 4.58. The lowest BCUT2D eigenvalue weighted by Gasteiger charge is -2.28. The van der Waals surface area contributed by atoms with Gasteiger partial charge >= 0.3 is 0 Å². The van der Waals surface area contributed by atoms with Crippen LogP contribution in [0.15, 0.2) is 48.0 Å². The van der Waals surface area contributed by atoms with Gasteiger partial charge < -0.3 is 19.1 Å². The maximum Gasteiger partial charge on any atom is 0.231 e. The summed E-state index contributed by atoms with van der Waals surface area (Å²) in [6.45, 7) is 3.32. The number of rotatable bonds is 4. The molecule has 2 heterocycles. The van der Waals surface area contributed by atoms with Crippen LogP contribution in [0.4, 0.5) is 5.69 Å². The molecule has 1 fully saturated rings. The first kappa shape index (κ1) is 17.1. The van der Waals surface area contributed by atoms with Crippen LogP contribution in [-0.2, 0) is 4.74 Å². The molecule has 2 aromatic rings. The van der Waals surface area contributed by atoms with Gasteiger partial charge in [0.05, 0.1) is 13.2 Å². The van der Waals surface area contributed by atoms with Crippen LogP contribution >= 0.6 is 0 Å². The Morgan fingerprint density at radius 3 is 2.52 bits per heavy atom. The summed E-state index contributed by atoms with van der Waals surface area (Å²) in [5.41, 5.74) is 2.39. The number of Topliss-reactive ketones (excluding diaryl/α,β-unsaturated/α-hetero) is 1. The normalized spacial score (nSPS) is 16.1. The van der Waals surface area contributed by atoms with Gasteiger partial charge in [-0.05, 0) is 42.0 Å². The fraction of sp³-hybridized carbons (Fsp3) is 0.238. The zero-order valence-electron chi connectivity index (χ0n) is 14.7. The number of carbonyl (C=O) groups excluding carboxylic acids is 1. The van der Waals surface area contributed by atoms with Crippen LogP contribution in [0.25, 0.3) is 6.08 Å². The summed E-state index contributed by atoms with van der Waals surface area (Å²) >= 11 is 0. The minimum absolute atomic E-state index is 0.0768. The molecule has 0 radical (unpaired) electrons. The van der Waals surface area contributed by atoms with Crippen LogP contribution in [0.2, 0.25) is 0 Å². The van der Waals surface area contributed by atoms with Crippen LogP contribution in [0, 0.1) is 11.3 Å². The SMILES string of the molecule is N#C/C(=C\c1ccc(N2CCOCC2)cc1)C(=O)c1ccc2c(c1)OCO2. The molecule has 0 bridgehead atoms. The van der Waals surface area contributed by atoms with E-state index in [0.29, 0.717) is 17.1 Å². The van der Waals surface area contributed by atoms with Crippen molar-refractivity contribution < 1.29 is 19.0 Å². The fourth-order valence-electron chi connectivity index (χ4n) is 3.11. The second-order valence-electron chi connectivity index (χ2n) is 6.26. The van der Waals surface area contributed by atoms with Crippen molar-refractivity contribution in [3.63, 3.8) is 0 Å². The topological polar surface area (TPSA) is 71.8 Å². The van der Waals surface area contributed by atoms with E-state index in [9.17, 15) is 10.1 Å². The predicted molar refractivity (Wildman–Crippen MR) is 100.0 cm³/mol. The van der Waals surface area contributed by atoms with E-state index in [-0.39, 0.29) is 18.1 Å². The van der Waals surface area contributed by atoms with Gasteiger partial charge in [-0.15, -0.1) is 0 Å². The van der Waals surface area contributed by atoms with E-state index in [1.165, 1.54) is 0 Å². The van der Waals surface area contributed by atoms with Gasteiger partial charge in [0.15, 0.2) is 11.5 Å². The van der Waals surface area contributed by atoms with E-state index < -0.39 is 0 Å². The Kier molecular flexibility index (Phi) is 4.77. The Bertz CT molecular complexity index is 922. The molecule has 0 amide bonds. The molecule has 0 atom stereocenters. The second-order valence-corrected chi connectivity index (χ2v) is 6.26. The molecule has 2 aromatic carbocycles. The van der Waals surface area contributed by atoms with Crippen molar-refractivity contribution in [3.8, 4) is 17.6 Å². The molecule has 6 nitrogen and oxygen atoms in total. The molecule has 0 unspecified atom stereocenters. The number of ether oxygens (including phenoxy) is 3. The highest BCUT2D eigenvalue weighted by molar-refractivity contribution is 6.14. The zero-order valence-corrected chi connectivity index (χ0v) is 14.7. The molecule has 27 heavy (non-hydrogen) atoms. The van der Waals surface area contributed by atoms with Crippen molar-refractivity contribution in [2.45, 2.75) is 0 Å². The predicted octanol–water partition coefficient (Wildman–Crippen LogP) is 3.04. The highest BCUT2D eigenvalue weighted by Gasteiger charge is 2.18. The number of carbonyl (C=O) groups is 1. The summed E-state index contributed by atoms with van der Waals surface area (Å²) in [6, 6.07) is 14.8. The van der Waals surface area contributed by atoms with Gasteiger partial charge in [0, 0.05) is 24.3 Å². The first-order chi connectivity index (χ1) is 13.2. The molecule has 0 aliphatic carbocycles. The molecule has 136 valence electrons. The van der Waals surface area contributed by atoms with Crippen molar-refractivity contribution in [2.24, 2.45) is 0 Å². The maximum absolute atomic E-state index is 12.7. The smallest absolute Gasteiger partial charge is 0.231 e. The summed E-state index contributed by atoms with van der Waals surface area (Å²) < 4.78 is 15.9. The molecule has 0 aromatic heterocycles. The summed E-state index contributed by atoms with van der Waals surface area (Å²) in [7, 11) is 0. The lowest BCUT2D eigenvalue weighted by atomic mass is 10.0. The zero-order chi connectivity index (χ0) is 18.6. The van der Waals surface area contributed by atoms with Gasteiger partial charge in [-0.2, -0.15) is 5.26 Å². The standard InChI is InChI=1S/C21H18N2O4/c22-13-17(21(24)16-3-6-19-20(12-16)27-14-26-19)11-15-1-4-18(5-2-15)23-7-9-25-10-8-23/h1-6,11-12H,7-10,14H2/b17-11+. The van der Waals surface area contributed by atoms with Gasteiger partial charge in [0.1, 0.15) is 11.6 Å². The average molecular weight is 362 g/mol. The monoisotopic (exact) mass is 362 g/mol. The van der Waals surface area contributed by atoms with Crippen LogP contribution < -0.4 is 14.4 Å². The summed E-state index contributed by atoms with van der Waals surface area (Å²) in [5.74, 6) is 0.786. The quantitative estimate of drug-likeness (QED) is 0.473. The number of ketones is 1. The number of anilines is 1. The first-order valence-electron chi connectivity index (χ1n) is 8.73.